The fraction of sp³-hybridized carbons (Fsp3) is 0.0909. The van der Waals surface area contributed by atoms with Crippen LogP contribution < -0.4 is 5.32 Å². The Kier molecular flexibility index (Phi) is 4.63. The molecule has 3 aromatic rings. The number of aryl methyl sites for hydroxylation is 2. The molecule has 0 saturated carbocycles. The summed E-state index contributed by atoms with van der Waals surface area (Å²) in [6.07, 6.45) is 1.63. The molecule has 0 unspecified atom stereocenters. The van der Waals surface area contributed by atoms with Crippen LogP contribution in [0.3, 0.4) is 0 Å². The molecule has 3 rings (SSSR count). The van der Waals surface area contributed by atoms with Crippen molar-refractivity contribution in [3.05, 3.63) is 82.9 Å². The zero-order valence-electron chi connectivity index (χ0n) is 14.2. The number of anilines is 1. The molecular weight excluding hydrogens is 308 g/mol. The first kappa shape index (κ1) is 16.5. The predicted molar refractivity (Wildman–Crippen MR) is 102 cm³/mol. The van der Waals surface area contributed by atoms with E-state index >= 15 is 0 Å². The summed E-state index contributed by atoms with van der Waals surface area (Å²) in [4.78, 5) is 12.6. The number of hydrogen-bond donors (Lipinski definition) is 1. The zero-order chi connectivity index (χ0) is 17.8. The summed E-state index contributed by atoms with van der Waals surface area (Å²) >= 11 is 0. The van der Waals surface area contributed by atoms with E-state index in [1.54, 1.807) is 6.08 Å². The summed E-state index contributed by atoms with van der Waals surface area (Å²) < 4.78 is 0. The van der Waals surface area contributed by atoms with Crippen molar-refractivity contribution in [1.29, 1.82) is 5.26 Å². The van der Waals surface area contributed by atoms with Crippen LogP contribution in [0.5, 0.6) is 0 Å². The van der Waals surface area contributed by atoms with Crippen LogP contribution in [-0.2, 0) is 4.79 Å². The minimum absolute atomic E-state index is 0.0832. The van der Waals surface area contributed by atoms with Crippen molar-refractivity contribution in [2.75, 3.05) is 5.32 Å². The number of nitrogens with zero attached hydrogens (tertiary/aromatic N) is 1. The molecule has 0 aliphatic carbocycles. The predicted octanol–water partition coefficient (Wildman–Crippen LogP) is 5.00. The summed E-state index contributed by atoms with van der Waals surface area (Å²) in [6.45, 7) is 3.98. The lowest BCUT2D eigenvalue weighted by atomic mass is 10.0. The van der Waals surface area contributed by atoms with Crippen LogP contribution >= 0.6 is 0 Å². The number of fused-ring (bicyclic) bond motifs is 1. The molecule has 0 heterocycles. The number of amides is 1. The van der Waals surface area contributed by atoms with Crippen molar-refractivity contribution in [2.24, 2.45) is 0 Å². The summed E-state index contributed by atoms with van der Waals surface area (Å²) in [6, 6.07) is 21.5. The number of nitriles is 1. The fourth-order valence-electron chi connectivity index (χ4n) is 2.82. The third-order valence-corrected chi connectivity index (χ3v) is 4.13. The van der Waals surface area contributed by atoms with Gasteiger partial charge in [-0.3, -0.25) is 4.79 Å². The quantitative estimate of drug-likeness (QED) is 0.544. The van der Waals surface area contributed by atoms with Crippen LogP contribution in [0.2, 0.25) is 0 Å². The van der Waals surface area contributed by atoms with E-state index in [0.717, 1.165) is 27.5 Å². The average Bonchev–Trinajstić information content (AvgIpc) is 2.61. The number of hydrogen-bond acceptors (Lipinski definition) is 2. The molecule has 25 heavy (non-hydrogen) atoms. The van der Waals surface area contributed by atoms with Gasteiger partial charge in [-0.05, 0) is 42.5 Å². The molecule has 0 aliphatic rings. The van der Waals surface area contributed by atoms with Gasteiger partial charge in [0.1, 0.15) is 11.6 Å². The highest BCUT2D eigenvalue weighted by Crippen LogP contribution is 2.23. The van der Waals surface area contributed by atoms with Crippen LogP contribution in [0.4, 0.5) is 5.69 Å². The number of benzene rings is 3. The summed E-state index contributed by atoms with van der Waals surface area (Å²) in [5.74, 6) is -0.404. The van der Waals surface area contributed by atoms with Gasteiger partial charge in [-0.1, -0.05) is 60.2 Å². The van der Waals surface area contributed by atoms with Crippen molar-refractivity contribution < 1.29 is 4.79 Å². The lowest BCUT2D eigenvalue weighted by Crippen LogP contribution is -2.13. The Morgan fingerprint density at radius 1 is 1.04 bits per heavy atom. The van der Waals surface area contributed by atoms with Crippen molar-refractivity contribution in [2.45, 2.75) is 13.8 Å². The maximum atomic E-state index is 12.6. The van der Waals surface area contributed by atoms with Gasteiger partial charge in [-0.25, -0.2) is 0 Å². The van der Waals surface area contributed by atoms with Gasteiger partial charge in [0.2, 0.25) is 0 Å². The molecule has 0 atom stereocenters. The van der Waals surface area contributed by atoms with Gasteiger partial charge in [-0.2, -0.15) is 5.26 Å². The van der Waals surface area contributed by atoms with Gasteiger partial charge in [0, 0.05) is 11.1 Å². The van der Waals surface area contributed by atoms with E-state index in [4.69, 9.17) is 0 Å². The van der Waals surface area contributed by atoms with E-state index < -0.39 is 5.91 Å². The highest BCUT2D eigenvalue weighted by molar-refractivity contribution is 6.13. The first-order chi connectivity index (χ1) is 12.1. The standard InChI is InChI=1S/C22H18N2O/c1-15-10-11-18(16(2)12-15)13-19(14-23)22(25)24-21-9-5-7-17-6-3-4-8-20(17)21/h3-13H,1-2H3,(H,24,25)/b19-13+. The van der Waals surface area contributed by atoms with Gasteiger partial charge >= 0.3 is 0 Å². The molecule has 122 valence electrons. The second-order valence-electron chi connectivity index (χ2n) is 6.01. The zero-order valence-corrected chi connectivity index (χ0v) is 14.2. The summed E-state index contributed by atoms with van der Waals surface area (Å²) in [5, 5.41) is 14.3. The number of carbonyl (C=O) groups is 1. The average molecular weight is 326 g/mol. The lowest BCUT2D eigenvalue weighted by molar-refractivity contribution is -0.112. The Morgan fingerprint density at radius 3 is 2.56 bits per heavy atom. The highest BCUT2D eigenvalue weighted by Gasteiger charge is 2.11. The normalized spacial score (nSPS) is 11.2. The molecule has 1 amide bonds. The maximum Gasteiger partial charge on any atom is 0.266 e. The second-order valence-corrected chi connectivity index (χ2v) is 6.01. The molecule has 3 heteroatoms. The largest absolute Gasteiger partial charge is 0.321 e. The first-order valence-corrected chi connectivity index (χ1v) is 8.06. The molecule has 0 fully saturated rings. The molecule has 0 aliphatic heterocycles. The van der Waals surface area contributed by atoms with Crippen molar-refractivity contribution in [3.8, 4) is 6.07 Å². The Labute approximate surface area is 147 Å². The van der Waals surface area contributed by atoms with E-state index in [2.05, 4.69) is 5.32 Å². The topological polar surface area (TPSA) is 52.9 Å². The molecule has 3 nitrogen and oxygen atoms in total. The van der Waals surface area contributed by atoms with E-state index in [0.29, 0.717) is 5.69 Å². The highest BCUT2D eigenvalue weighted by atomic mass is 16.1. The van der Waals surface area contributed by atoms with Gasteiger partial charge in [0.15, 0.2) is 0 Å². The van der Waals surface area contributed by atoms with Crippen LogP contribution in [0.15, 0.2) is 66.2 Å². The van der Waals surface area contributed by atoms with E-state index in [1.165, 1.54) is 0 Å². The van der Waals surface area contributed by atoms with Crippen molar-refractivity contribution >= 4 is 28.4 Å². The molecule has 0 aromatic heterocycles. The third-order valence-electron chi connectivity index (χ3n) is 4.13. The molecule has 0 bridgehead atoms. The Hall–Kier alpha value is -3.38. The van der Waals surface area contributed by atoms with Crippen molar-refractivity contribution in [1.82, 2.24) is 0 Å². The molecule has 3 aromatic carbocycles. The maximum absolute atomic E-state index is 12.6. The van der Waals surface area contributed by atoms with Gasteiger partial charge < -0.3 is 5.32 Å². The molecule has 0 saturated heterocycles. The number of rotatable bonds is 3. The van der Waals surface area contributed by atoms with E-state index in [-0.39, 0.29) is 5.57 Å². The number of nitrogens with one attached hydrogen (secondary N) is 1. The molecule has 0 spiro atoms. The minimum atomic E-state index is -0.404. The third kappa shape index (κ3) is 3.59. The van der Waals surface area contributed by atoms with Crippen LogP contribution in [0.25, 0.3) is 16.8 Å². The van der Waals surface area contributed by atoms with Crippen molar-refractivity contribution in [3.63, 3.8) is 0 Å². The van der Waals surface area contributed by atoms with Crippen LogP contribution in [0.1, 0.15) is 16.7 Å². The summed E-state index contributed by atoms with van der Waals surface area (Å²) in [5.41, 5.74) is 3.83. The fourth-order valence-corrected chi connectivity index (χ4v) is 2.82. The Morgan fingerprint density at radius 2 is 1.80 bits per heavy atom. The van der Waals surface area contributed by atoms with Crippen LogP contribution in [0, 0.1) is 25.2 Å². The number of carbonyl (C=O) groups excluding carboxylic acids is 1. The van der Waals surface area contributed by atoms with Gasteiger partial charge in [0.25, 0.3) is 5.91 Å². The Bertz CT molecular complexity index is 1020. The summed E-state index contributed by atoms with van der Waals surface area (Å²) in [7, 11) is 0. The second kappa shape index (κ2) is 7.02. The van der Waals surface area contributed by atoms with Gasteiger partial charge in [0.05, 0.1) is 0 Å². The SMILES string of the molecule is Cc1ccc(/C=C(\C#N)C(=O)Nc2cccc3ccccc23)c(C)c1. The molecule has 0 radical (unpaired) electrons. The van der Waals surface area contributed by atoms with Crippen LogP contribution in [-0.4, -0.2) is 5.91 Å². The molecule has 1 N–H and O–H groups in total. The monoisotopic (exact) mass is 326 g/mol. The smallest absolute Gasteiger partial charge is 0.266 e. The first-order valence-electron chi connectivity index (χ1n) is 8.06. The van der Waals surface area contributed by atoms with Gasteiger partial charge in [-0.15, -0.1) is 0 Å². The van der Waals surface area contributed by atoms with E-state index in [9.17, 15) is 10.1 Å². The lowest BCUT2D eigenvalue weighted by Gasteiger charge is -2.09. The Balaban J connectivity index is 1.93. The minimum Gasteiger partial charge on any atom is -0.321 e. The van der Waals surface area contributed by atoms with E-state index in [1.807, 2.05) is 80.6 Å². The molecular formula is C22H18N2O.